The van der Waals surface area contributed by atoms with Crippen LogP contribution in [-0.2, 0) is 10.3 Å². The highest BCUT2D eigenvalue weighted by Gasteiger charge is 2.29. The maximum absolute atomic E-state index is 12.3. The van der Waals surface area contributed by atoms with Gasteiger partial charge in [-0.25, -0.2) is 4.98 Å². The quantitative estimate of drug-likeness (QED) is 0.862. The molecule has 2 aromatic rings. The third-order valence-corrected chi connectivity index (χ3v) is 4.70. The fourth-order valence-corrected chi connectivity index (χ4v) is 2.99. The molecular formula is C16H21N3OS. The molecule has 3 N–H and O–H groups in total. The highest BCUT2D eigenvalue weighted by Crippen LogP contribution is 2.26. The maximum atomic E-state index is 12.3. The Morgan fingerprint density at radius 2 is 2.14 bits per heavy atom. The Balaban J connectivity index is 2.01. The van der Waals surface area contributed by atoms with E-state index >= 15 is 0 Å². The van der Waals surface area contributed by atoms with Gasteiger partial charge in [-0.2, -0.15) is 0 Å². The fourth-order valence-electron chi connectivity index (χ4n) is 2.17. The number of carbonyl (C=O) groups is 1. The molecular weight excluding hydrogens is 282 g/mol. The molecule has 1 aromatic carbocycles. The molecule has 0 fully saturated rings. The van der Waals surface area contributed by atoms with Crippen LogP contribution in [0.1, 0.15) is 43.3 Å². The Bertz CT molecular complexity index is 570. The van der Waals surface area contributed by atoms with E-state index in [0.717, 1.165) is 17.0 Å². The van der Waals surface area contributed by atoms with Gasteiger partial charge in [-0.1, -0.05) is 37.3 Å². The second-order valence-electron chi connectivity index (χ2n) is 5.29. The van der Waals surface area contributed by atoms with Gasteiger partial charge in [0.2, 0.25) is 5.91 Å². The molecule has 0 aliphatic carbocycles. The fraction of sp³-hybridized carbons (Fsp3) is 0.375. The smallest absolute Gasteiger partial charge is 0.222 e. The van der Waals surface area contributed by atoms with Crippen molar-refractivity contribution in [2.24, 2.45) is 5.73 Å². The summed E-state index contributed by atoms with van der Waals surface area (Å²) in [6.45, 7) is 4.04. The van der Waals surface area contributed by atoms with Crippen molar-refractivity contribution in [1.82, 2.24) is 10.3 Å². The van der Waals surface area contributed by atoms with E-state index in [4.69, 9.17) is 5.73 Å². The minimum atomic E-state index is -0.429. The van der Waals surface area contributed by atoms with Crippen molar-refractivity contribution in [1.29, 1.82) is 0 Å². The average molecular weight is 303 g/mol. The number of carbonyl (C=O) groups excluding carboxylic acids is 1. The number of nitrogens with zero attached hydrogens (tertiary/aromatic N) is 1. The lowest BCUT2D eigenvalue weighted by atomic mass is 9.98. The zero-order valence-corrected chi connectivity index (χ0v) is 13.2. The van der Waals surface area contributed by atoms with Gasteiger partial charge in [0, 0.05) is 24.0 Å². The number of amides is 1. The van der Waals surface area contributed by atoms with Crippen LogP contribution >= 0.6 is 11.3 Å². The van der Waals surface area contributed by atoms with E-state index < -0.39 is 5.54 Å². The predicted molar refractivity (Wildman–Crippen MR) is 85.9 cm³/mol. The molecule has 0 bridgehead atoms. The minimum Gasteiger partial charge on any atom is -0.344 e. The summed E-state index contributed by atoms with van der Waals surface area (Å²) in [5.74, 6) is -0.0501. The van der Waals surface area contributed by atoms with Crippen LogP contribution in [-0.4, -0.2) is 10.9 Å². The van der Waals surface area contributed by atoms with Gasteiger partial charge in [-0.15, -0.1) is 11.3 Å². The van der Waals surface area contributed by atoms with Crippen LogP contribution in [0.4, 0.5) is 0 Å². The van der Waals surface area contributed by atoms with Gasteiger partial charge in [0.15, 0.2) is 0 Å². The number of nitrogens with one attached hydrogen (secondary N) is 1. The third kappa shape index (κ3) is 3.89. The number of rotatable bonds is 6. The van der Waals surface area contributed by atoms with Gasteiger partial charge >= 0.3 is 0 Å². The van der Waals surface area contributed by atoms with E-state index in [1.807, 2.05) is 49.6 Å². The summed E-state index contributed by atoms with van der Waals surface area (Å²) in [5, 5.41) is 5.92. The second-order valence-corrected chi connectivity index (χ2v) is 6.19. The van der Waals surface area contributed by atoms with Crippen molar-refractivity contribution in [3.8, 4) is 0 Å². The monoisotopic (exact) mass is 303 g/mol. The van der Waals surface area contributed by atoms with Gasteiger partial charge in [0.25, 0.3) is 0 Å². The van der Waals surface area contributed by atoms with Crippen molar-refractivity contribution < 1.29 is 4.79 Å². The summed E-state index contributed by atoms with van der Waals surface area (Å²) in [6.07, 6.45) is 2.81. The summed E-state index contributed by atoms with van der Waals surface area (Å²) in [6, 6.07) is 9.39. The molecule has 1 heterocycles. The molecule has 2 unspecified atom stereocenters. The van der Waals surface area contributed by atoms with E-state index in [-0.39, 0.29) is 18.4 Å². The molecule has 112 valence electrons. The van der Waals surface area contributed by atoms with Crippen molar-refractivity contribution in [3.63, 3.8) is 0 Å². The zero-order chi connectivity index (χ0) is 15.3. The maximum Gasteiger partial charge on any atom is 0.222 e. The highest BCUT2D eigenvalue weighted by atomic mass is 32.1. The summed E-state index contributed by atoms with van der Waals surface area (Å²) in [5.41, 5.74) is 6.64. The van der Waals surface area contributed by atoms with Gasteiger partial charge in [0.1, 0.15) is 5.01 Å². The standard InChI is InChI=1S/C16H21N3OS/c1-3-16(2,15-18-9-10-21-15)19-14(20)11-13(17)12-7-5-4-6-8-12/h4-10,13H,3,11,17H2,1-2H3,(H,19,20). The number of hydrogen-bond acceptors (Lipinski definition) is 4. The number of nitrogens with two attached hydrogens (primary N) is 1. The first-order valence-corrected chi connectivity index (χ1v) is 7.94. The molecule has 0 saturated carbocycles. The lowest BCUT2D eigenvalue weighted by Gasteiger charge is -2.28. The van der Waals surface area contributed by atoms with Gasteiger partial charge in [0.05, 0.1) is 5.54 Å². The Morgan fingerprint density at radius 1 is 1.43 bits per heavy atom. The van der Waals surface area contributed by atoms with Gasteiger partial charge < -0.3 is 11.1 Å². The lowest BCUT2D eigenvalue weighted by Crippen LogP contribution is -2.43. The van der Waals surface area contributed by atoms with E-state index in [1.54, 1.807) is 17.5 Å². The van der Waals surface area contributed by atoms with Crippen molar-refractivity contribution in [3.05, 3.63) is 52.5 Å². The van der Waals surface area contributed by atoms with Crippen molar-refractivity contribution in [2.45, 2.75) is 38.3 Å². The topological polar surface area (TPSA) is 68.0 Å². The third-order valence-electron chi connectivity index (χ3n) is 3.66. The molecule has 2 atom stereocenters. The minimum absolute atomic E-state index is 0.0501. The molecule has 0 spiro atoms. The number of benzene rings is 1. The lowest BCUT2D eigenvalue weighted by molar-refractivity contribution is -0.123. The van der Waals surface area contributed by atoms with Crippen LogP contribution in [0.15, 0.2) is 41.9 Å². The van der Waals surface area contributed by atoms with Crippen molar-refractivity contribution >= 4 is 17.2 Å². The molecule has 5 heteroatoms. The van der Waals surface area contributed by atoms with E-state index in [9.17, 15) is 4.79 Å². The molecule has 0 radical (unpaired) electrons. The molecule has 4 nitrogen and oxygen atoms in total. The predicted octanol–water partition coefficient (Wildman–Crippen LogP) is 2.97. The molecule has 1 amide bonds. The van der Waals surface area contributed by atoms with Gasteiger partial charge in [-0.05, 0) is 18.9 Å². The largest absolute Gasteiger partial charge is 0.344 e. The first-order valence-electron chi connectivity index (χ1n) is 7.06. The highest BCUT2D eigenvalue weighted by molar-refractivity contribution is 7.09. The average Bonchev–Trinajstić information content (AvgIpc) is 3.02. The molecule has 0 saturated heterocycles. The van der Waals surface area contributed by atoms with Crippen LogP contribution in [0.2, 0.25) is 0 Å². The second kappa shape index (κ2) is 6.83. The van der Waals surface area contributed by atoms with Crippen LogP contribution in [0.3, 0.4) is 0 Å². The Morgan fingerprint density at radius 3 is 2.71 bits per heavy atom. The van der Waals surface area contributed by atoms with Crippen LogP contribution in [0.5, 0.6) is 0 Å². The SMILES string of the molecule is CCC(C)(NC(=O)CC(N)c1ccccc1)c1nccs1. The molecule has 1 aromatic heterocycles. The van der Waals surface area contributed by atoms with Crippen LogP contribution in [0.25, 0.3) is 0 Å². The van der Waals surface area contributed by atoms with E-state index in [1.165, 1.54) is 0 Å². The van der Waals surface area contributed by atoms with E-state index in [0.29, 0.717) is 0 Å². The Labute approximate surface area is 129 Å². The molecule has 21 heavy (non-hydrogen) atoms. The first-order chi connectivity index (χ1) is 10.0. The summed E-state index contributed by atoms with van der Waals surface area (Å²) in [4.78, 5) is 16.6. The summed E-state index contributed by atoms with van der Waals surface area (Å²) in [7, 11) is 0. The zero-order valence-electron chi connectivity index (χ0n) is 12.4. The summed E-state index contributed by atoms with van der Waals surface area (Å²) >= 11 is 1.55. The number of aromatic nitrogens is 1. The first kappa shape index (κ1) is 15.7. The molecule has 2 rings (SSSR count). The normalized spacial score (nSPS) is 15.2. The van der Waals surface area contributed by atoms with Crippen molar-refractivity contribution in [2.75, 3.05) is 0 Å². The Hall–Kier alpha value is -1.72. The molecule has 0 aliphatic heterocycles. The van der Waals surface area contributed by atoms with E-state index in [2.05, 4.69) is 10.3 Å². The van der Waals surface area contributed by atoms with Gasteiger partial charge in [-0.3, -0.25) is 4.79 Å². The van der Waals surface area contributed by atoms with Crippen LogP contribution in [0, 0.1) is 0 Å². The van der Waals surface area contributed by atoms with Crippen LogP contribution < -0.4 is 11.1 Å². The molecule has 0 aliphatic rings. The number of hydrogen-bond donors (Lipinski definition) is 2. The number of thiazole rings is 1. The summed E-state index contributed by atoms with van der Waals surface area (Å²) < 4.78 is 0. The Kier molecular flexibility index (Phi) is 5.09.